The summed E-state index contributed by atoms with van der Waals surface area (Å²) in [4.78, 5) is 15.8. The van der Waals surface area contributed by atoms with Gasteiger partial charge in [-0.05, 0) is 19.8 Å². The van der Waals surface area contributed by atoms with Crippen molar-refractivity contribution in [2.24, 2.45) is 11.1 Å². The Morgan fingerprint density at radius 2 is 2.29 bits per heavy atom. The molecule has 0 amide bonds. The minimum Gasteiger partial charge on any atom is -0.449 e. The highest BCUT2D eigenvalue weighted by Gasteiger charge is 2.45. The van der Waals surface area contributed by atoms with Gasteiger partial charge in [0.2, 0.25) is 0 Å². The van der Waals surface area contributed by atoms with Gasteiger partial charge >= 0.3 is 5.97 Å². The number of esters is 1. The Balaban J connectivity index is 1.73. The Bertz CT molecular complexity index is 620. The van der Waals surface area contributed by atoms with Crippen molar-refractivity contribution in [3.05, 3.63) is 10.4 Å². The molecule has 118 valence electrons. The summed E-state index contributed by atoms with van der Waals surface area (Å²) in [5.41, 5.74) is 5.21. The Labute approximate surface area is 127 Å². The van der Waals surface area contributed by atoms with Gasteiger partial charge in [-0.1, -0.05) is 0 Å². The first-order valence-corrected chi connectivity index (χ1v) is 9.26. The number of hydrogen-bond donors (Lipinski definition) is 2. The van der Waals surface area contributed by atoms with Crippen LogP contribution in [0.25, 0.3) is 0 Å². The van der Waals surface area contributed by atoms with Gasteiger partial charge in [-0.15, -0.1) is 11.3 Å². The molecule has 7 nitrogen and oxygen atoms in total. The molecule has 3 N–H and O–H groups in total. The molecule has 1 saturated carbocycles. The first-order chi connectivity index (χ1) is 9.71. The number of carbonyl (C=O) groups is 1. The molecule has 21 heavy (non-hydrogen) atoms. The van der Waals surface area contributed by atoms with Gasteiger partial charge in [0.1, 0.15) is 11.7 Å². The van der Waals surface area contributed by atoms with Crippen LogP contribution in [0.3, 0.4) is 0 Å². The zero-order valence-electron chi connectivity index (χ0n) is 12.0. The largest absolute Gasteiger partial charge is 0.449 e. The fourth-order valence-corrected chi connectivity index (χ4v) is 4.06. The van der Waals surface area contributed by atoms with E-state index in [1.165, 1.54) is 16.7 Å². The Morgan fingerprint density at radius 3 is 2.81 bits per heavy atom. The lowest BCUT2D eigenvalue weighted by atomic mass is 9.67. The Morgan fingerprint density at radius 1 is 1.62 bits per heavy atom. The molecule has 1 aliphatic rings. The number of aromatic nitrogens is 1. The highest BCUT2D eigenvalue weighted by molar-refractivity contribution is 7.90. The van der Waals surface area contributed by atoms with Gasteiger partial charge in [0.15, 0.2) is 14.9 Å². The second-order valence-corrected chi connectivity index (χ2v) is 8.49. The van der Waals surface area contributed by atoms with E-state index in [1.807, 2.05) is 6.92 Å². The average molecular weight is 333 g/mol. The van der Waals surface area contributed by atoms with E-state index in [-0.39, 0.29) is 23.8 Å². The molecular formula is C12H19N3O4S2. The molecule has 2 rings (SSSR count). The fourth-order valence-electron chi connectivity index (χ4n) is 2.26. The number of ether oxygens (including phenoxy) is 1. The van der Waals surface area contributed by atoms with Crippen molar-refractivity contribution in [3.63, 3.8) is 0 Å². The molecule has 1 aromatic heterocycles. The van der Waals surface area contributed by atoms with Crippen LogP contribution in [0.15, 0.2) is 10.4 Å². The summed E-state index contributed by atoms with van der Waals surface area (Å²) in [6, 6.07) is 0.0836. The summed E-state index contributed by atoms with van der Waals surface area (Å²) in [5, 5.41) is 5.10. The van der Waals surface area contributed by atoms with Crippen molar-refractivity contribution in [3.8, 4) is 0 Å². The number of carbonyl (C=O) groups excluding carboxylic acids is 1. The molecule has 1 aromatic rings. The standard InChI is InChI=1S/C12H19N3O4S2/c1-12(3-8(13)4-12)11(16)19-7-14-5-9-15-10(6-20-9)21(2,17)18/h6,8,14H,3-5,7,13H2,1-2H3. The lowest BCUT2D eigenvalue weighted by molar-refractivity contribution is -0.161. The number of nitrogens with two attached hydrogens (primary N) is 1. The third-order valence-corrected chi connectivity index (χ3v) is 5.38. The molecule has 0 atom stereocenters. The van der Waals surface area contributed by atoms with Crippen LogP contribution in [-0.2, 0) is 25.9 Å². The van der Waals surface area contributed by atoms with Crippen molar-refractivity contribution in [2.75, 3.05) is 13.0 Å². The van der Waals surface area contributed by atoms with Crippen LogP contribution >= 0.6 is 11.3 Å². The smallest absolute Gasteiger partial charge is 0.313 e. The fraction of sp³-hybridized carbons (Fsp3) is 0.667. The van der Waals surface area contributed by atoms with Crippen LogP contribution in [0.4, 0.5) is 0 Å². The number of nitrogens with one attached hydrogen (secondary N) is 1. The van der Waals surface area contributed by atoms with Gasteiger partial charge in [-0.2, -0.15) is 0 Å². The van der Waals surface area contributed by atoms with Crippen LogP contribution < -0.4 is 11.1 Å². The zero-order chi connectivity index (χ0) is 15.7. The third kappa shape index (κ3) is 4.00. The van der Waals surface area contributed by atoms with Gasteiger partial charge in [0.25, 0.3) is 0 Å². The van der Waals surface area contributed by atoms with Crippen LogP contribution in [0.1, 0.15) is 24.8 Å². The summed E-state index contributed by atoms with van der Waals surface area (Å²) in [5.74, 6) is -0.257. The predicted molar refractivity (Wildman–Crippen MR) is 78.3 cm³/mol. The number of nitrogens with zero attached hydrogens (tertiary/aromatic N) is 1. The van der Waals surface area contributed by atoms with Gasteiger partial charge in [0.05, 0.1) is 12.0 Å². The van der Waals surface area contributed by atoms with E-state index in [0.717, 1.165) is 6.26 Å². The van der Waals surface area contributed by atoms with Crippen molar-refractivity contribution in [1.82, 2.24) is 10.3 Å². The highest BCUT2D eigenvalue weighted by atomic mass is 32.2. The molecule has 0 saturated heterocycles. The molecule has 0 radical (unpaired) electrons. The van der Waals surface area contributed by atoms with E-state index in [9.17, 15) is 13.2 Å². The summed E-state index contributed by atoms with van der Waals surface area (Å²) in [6.07, 6.45) is 2.41. The van der Waals surface area contributed by atoms with Crippen LogP contribution in [0, 0.1) is 5.41 Å². The number of rotatable bonds is 6. The van der Waals surface area contributed by atoms with Crippen molar-refractivity contribution >= 4 is 27.1 Å². The molecular weight excluding hydrogens is 314 g/mol. The summed E-state index contributed by atoms with van der Waals surface area (Å²) < 4.78 is 27.7. The number of hydrogen-bond acceptors (Lipinski definition) is 8. The molecule has 9 heteroatoms. The van der Waals surface area contributed by atoms with Gasteiger partial charge < -0.3 is 10.5 Å². The topological polar surface area (TPSA) is 111 Å². The highest BCUT2D eigenvalue weighted by Crippen LogP contribution is 2.40. The molecule has 0 aromatic carbocycles. The number of thiazole rings is 1. The van der Waals surface area contributed by atoms with E-state index in [2.05, 4.69) is 10.3 Å². The molecule has 1 heterocycles. The van der Waals surface area contributed by atoms with E-state index in [0.29, 0.717) is 24.4 Å². The maximum atomic E-state index is 11.8. The van der Waals surface area contributed by atoms with Crippen LogP contribution in [0.5, 0.6) is 0 Å². The minimum absolute atomic E-state index is 0.0669. The maximum absolute atomic E-state index is 11.8. The maximum Gasteiger partial charge on any atom is 0.313 e. The van der Waals surface area contributed by atoms with Gasteiger partial charge in [-0.25, -0.2) is 13.4 Å². The van der Waals surface area contributed by atoms with Crippen molar-refractivity contribution in [2.45, 2.75) is 37.4 Å². The van der Waals surface area contributed by atoms with Crippen molar-refractivity contribution < 1.29 is 17.9 Å². The summed E-state index contributed by atoms with van der Waals surface area (Å²) >= 11 is 1.25. The zero-order valence-corrected chi connectivity index (χ0v) is 13.6. The lowest BCUT2D eigenvalue weighted by Gasteiger charge is -2.40. The van der Waals surface area contributed by atoms with Crippen LogP contribution in [0.2, 0.25) is 0 Å². The Hall–Kier alpha value is -1.03. The van der Waals surface area contributed by atoms with E-state index < -0.39 is 15.3 Å². The van der Waals surface area contributed by atoms with E-state index in [1.54, 1.807) is 0 Å². The average Bonchev–Trinajstić information content (AvgIpc) is 2.81. The third-order valence-electron chi connectivity index (χ3n) is 3.41. The first-order valence-electron chi connectivity index (χ1n) is 6.49. The molecule has 1 fully saturated rings. The molecule has 0 spiro atoms. The quantitative estimate of drug-likeness (QED) is 0.436. The SMILES string of the molecule is CC1(C(=O)OCNCc2nc(S(C)(=O)=O)cs2)CC(N)C1. The van der Waals surface area contributed by atoms with Crippen molar-refractivity contribution in [1.29, 1.82) is 0 Å². The van der Waals surface area contributed by atoms with E-state index >= 15 is 0 Å². The summed E-state index contributed by atoms with van der Waals surface area (Å²) in [6.45, 7) is 2.26. The molecule has 0 aliphatic heterocycles. The molecule has 0 bridgehead atoms. The lowest BCUT2D eigenvalue weighted by Crippen LogP contribution is -2.50. The monoisotopic (exact) mass is 333 g/mol. The van der Waals surface area contributed by atoms with E-state index in [4.69, 9.17) is 10.5 Å². The normalized spacial score (nSPS) is 25.4. The van der Waals surface area contributed by atoms with Crippen LogP contribution in [-0.4, -0.2) is 38.4 Å². The summed E-state index contributed by atoms with van der Waals surface area (Å²) in [7, 11) is -3.27. The first kappa shape index (κ1) is 16.3. The second-order valence-electron chi connectivity index (χ2n) is 5.58. The molecule has 1 aliphatic carbocycles. The second kappa shape index (κ2) is 5.99. The molecule has 0 unspecified atom stereocenters. The van der Waals surface area contributed by atoms with Gasteiger partial charge in [-0.3, -0.25) is 10.1 Å². The minimum atomic E-state index is -3.27. The number of sulfone groups is 1. The Kier molecular flexibility index (Phi) is 4.66. The van der Waals surface area contributed by atoms with Gasteiger partial charge in [0, 0.05) is 17.7 Å². The predicted octanol–water partition coefficient (Wildman–Crippen LogP) is 0.264.